The van der Waals surface area contributed by atoms with Crippen molar-refractivity contribution in [3.8, 4) is 10.9 Å². The van der Waals surface area contributed by atoms with Crippen molar-refractivity contribution < 1.29 is 41.7 Å². The van der Waals surface area contributed by atoms with Crippen LogP contribution >= 0.6 is 22.9 Å². The Morgan fingerprint density at radius 2 is 1.75 bits per heavy atom. The predicted octanol–water partition coefficient (Wildman–Crippen LogP) is 5.87. The van der Waals surface area contributed by atoms with Gasteiger partial charge in [0, 0.05) is 23.3 Å². The number of aliphatic carboxylic acids is 1. The van der Waals surface area contributed by atoms with Gasteiger partial charge in [-0.2, -0.15) is 13.2 Å². The summed E-state index contributed by atoms with van der Waals surface area (Å²) in [6, 6.07) is 11.8. The first-order valence-electron chi connectivity index (χ1n) is 11.4. The van der Waals surface area contributed by atoms with Crippen LogP contribution in [0.3, 0.4) is 0 Å². The Hall–Kier alpha value is -4.04. The Kier molecular flexibility index (Phi) is 10.2. The molecule has 0 radical (unpaired) electrons. The lowest BCUT2D eigenvalue weighted by atomic mass is 10.2. The fourth-order valence-corrected chi connectivity index (χ4v) is 4.05. The average molecular weight is 601 g/mol. The minimum atomic E-state index is -4.61. The Balaban J connectivity index is 0.000000238. The van der Waals surface area contributed by atoms with E-state index < -0.39 is 42.1 Å². The van der Waals surface area contributed by atoms with Crippen molar-refractivity contribution >= 4 is 51.4 Å². The summed E-state index contributed by atoms with van der Waals surface area (Å²) in [6.07, 6.45) is -3.01. The summed E-state index contributed by atoms with van der Waals surface area (Å²) in [5, 5.41) is 14.6. The largest absolute Gasteiger partial charge is 0.480 e. The van der Waals surface area contributed by atoms with Crippen molar-refractivity contribution in [2.24, 2.45) is 0 Å². The highest BCUT2D eigenvalue weighted by Gasteiger charge is 2.36. The number of alkyl halides is 3. The monoisotopic (exact) mass is 600 g/mol. The standard InChI is InChI=1S/C14H13F4N3O2S.C11H8ClNO3/c1-8(2)21(10-5-3-9(15)4-6-10)11(22)7-23-13-20-19-12(24-13)14(16,17)18;12-8-3-4-9(16-6-10(14)15)11-7(8)2-1-5-13-11/h3-6,8H,7H2,1-2H3;1-5H,6H2,(H,14,15). The van der Waals surface area contributed by atoms with Crippen LogP contribution in [0.2, 0.25) is 5.02 Å². The van der Waals surface area contributed by atoms with Gasteiger partial charge in [0.05, 0.1) is 5.02 Å². The minimum absolute atomic E-state index is 0.210. The van der Waals surface area contributed by atoms with Crippen molar-refractivity contribution in [1.29, 1.82) is 0 Å². The number of rotatable bonds is 8. The number of carboxylic acid groups (broad SMARTS) is 1. The van der Waals surface area contributed by atoms with E-state index in [-0.39, 0.29) is 22.6 Å². The van der Waals surface area contributed by atoms with Crippen molar-refractivity contribution in [3.05, 3.63) is 70.6 Å². The smallest absolute Gasteiger partial charge is 0.445 e. The first kappa shape index (κ1) is 30.5. The SMILES string of the molecule is CC(C)N(C(=O)COc1nnc(C(F)(F)F)s1)c1ccc(F)cc1.O=C(O)COc1ccc(Cl)c2cccnc12. The van der Waals surface area contributed by atoms with E-state index in [1.54, 1.807) is 44.3 Å². The molecule has 0 aliphatic rings. The fourth-order valence-electron chi connectivity index (χ4n) is 3.28. The van der Waals surface area contributed by atoms with E-state index in [4.69, 9.17) is 26.2 Å². The molecular weight excluding hydrogens is 580 g/mol. The summed E-state index contributed by atoms with van der Waals surface area (Å²) in [5.74, 6) is -1.55. The van der Waals surface area contributed by atoms with Gasteiger partial charge < -0.3 is 19.5 Å². The molecule has 4 aromatic rings. The molecule has 0 aliphatic heterocycles. The molecule has 1 amide bonds. The van der Waals surface area contributed by atoms with E-state index in [1.807, 2.05) is 0 Å². The van der Waals surface area contributed by atoms with Crippen LogP contribution in [0.15, 0.2) is 54.7 Å². The summed E-state index contributed by atoms with van der Waals surface area (Å²) < 4.78 is 60.4. The van der Waals surface area contributed by atoms with Gasteiger partial charge in [0.1, 0.15) is 17.1 Å². The number of nitrogens with zero attached hydrogens (tertiary/aromatic N) is 4. The van der Waals surface area contributed by atoms with E-state index in [1.165, 1.54) is 29.2 Å². The van der Waals surface area contributed by atoms with Crippen LogP contribution < -0.4 is 14.4 Å². The number of carbonyl (C=O) groups excluding carboxylic acids is 1. The second kappa shape index (κ2) is 13.3. The molecule has 0 unspecified atom stereocenters. The quantitative estimate of drug-likeness (QED) is 0.250. The molecule has 0 saturated heterocycles. The number of carbonyl (C=O) groups is 2. The third kappa shape index (κ3) is 8.23. The Labute approximate surface area is 233 Å². The molecule has 212 valence electrons. The van der Waals surface area contributed by atoms with Gasteiger partial charge in [0.25, 0.3) is 11.1 Å². The molecule has 0 fully saturated rings. The third-order valence-corrected chi connectivity index (χ3v) is 6.10. The third-order valence-electron chi connectivity index (χ3n) is 4.89. The van der Waals surface area contributed by atoms with Gasteiger partial charge in [-0.05, 0) is 62.4 Å². The zero-order valence-corrected chi connectivity index (χ0v) is 22.4. The van der Waals surface area contributed by atoms with Crippen LogP contribution in [-0.2, 0) is 15.8 Å². The fraction of sp³-hybridized carbons (Fsp3) is 0.240. The van der Waals surface area contributed by atoms with Crippen molar-refractivity contribution in [2.75, 3.05) is 18.1 Å². The van der Waals surface area contributed by atoms with Crippen molar-refractivity contribution in [1.82, 2.24) is 15.2 Å². The molecule has 0 atom stereocenters. The first-order valence-corrected chi connectivity index (χ1v) is 12.5. The van der Waals surface area contributed by atoms with Gasteiger partial charge in [0.15, 0.2) is 13.2 Å². The summed E-state index contributed by atoms with van der Waals surface area (Å²) in [6.45, 7) is 2.58. The van der Waals surface area contributed by atoms with E-state index in [9.17, 15) is 27.2 Å². The van der Waals surface area contributed by atoms with Gasteiger partial charge in [-0.25, -0.2) is 9.18 Å². The van der Waals surface area contributed by atoms with Crippen LogP contribution in [0.1, 0.15) is 18.9 Å². The first-order chi connectivity index (χ1) is 18.9. The molecule has 2 aromatic carbocycles. The lowest BCUT2D eigenvalue weighted by Crippen LogP contribution is -2.40. The number of fused-ring (bicyclic) bond motifs is 1. The van der Waals surface area contributed by atoms with Gasteiger partial charge >= 0.3 is 12.1 Å². The van der Waals surface area contributed by atoms with Crippen LogP contribution in [0.25, 0.3) is 10.9 Å². The average Bonchev–Trinajstić information content (AvgIpc) is 3.39. The molecule has 9 nitrogen and oxygen atoms in total. The van der Waals surface area contributed by atoms with Crippen LogP contribution in [0, 0.1) is 5.82 Å². The number of benzene rings is 2. The highest BCUT2D eigenvalue weighted by atomic mass is 35.5. The molecular formula is C25H21ClF4N4O5S. The Morgan fingerprint density at radius 1 is 1.05 bits per heavy atom. The maximum atomic E-state index is 13.0. The van der Waals surface area contributed by atoms with Gasteiger partial charge in [-0.3, -0.25) is 9.78 Å². The number of hydrogen-bond acceptors (Lipinski definition) is 8. The van der Waals surface area contributed by atoms with Crippen LogP contribution in [-0.4, -0.2) is 51.4 Å². The van der Waals surface area contributed by atoms with Gasteiger partial charge in [-0.1, -0.05) is 28.0 Å². The zero-order valence-electron chi connectivity index (χ0n) is 20.9. The summed E-state index contributed by atoms with van der Waals surface area (Å²) in [7, 11) is 0. The van der Waals surface area contributed by atoms with E-state index in [0.29, 0.717) is 22.0 Å². The molecule has 15 heteroatoms. The molecule has 0 spiro atoms. The number of ether oxygens (including phenoxy) is 2. The number of anilines is 1. The highest BCUT2D eigenvalue weighted by molar-refractivity contribution is 7.13. The number of carboxylic acids is 1. The molecule has 1 N–H and O–H groups in total. The Morgan fingerprint density at radius 3 is 2.35 bits per heavy atom. The van der Waals surface area contributed by atoms with E-state index >= 15 is 0 Å². The van der Waals surface area contributed by atoms with Gasteiger partial charge in [-0.15, -0.1) is 5.10 Å². The summed E-state index contributed by atoms with van der Waals surface area (Å²) in [4.78, 5) is 28.2. The summed E-state index contributed by atoms with van der Waals surface area (Å²) in [5.41, 5.74) is 1.02. The normalized spacial score (nSPS) is 11.1. The molecule has 2 aromatic heterocycles. The number of halogens is 5. The van der Waals surface area contributed by atoms with E-state index in [0.717, 1.165) is 5.39 Å². The molecule has 0 bridgehead atoms. The van der Waals surface area contributed by atoms with Crippen molar-refractivity contribution in [2.45, 2.75) is 26.1 Å². The maximum Gasteiger partial charge on any atom is 0.445 e. The molecule has 2 heterocycles. The number of aromatic nitrogens is 3. The van der Waals surface area contributed by atoms with Crippen molar-refractivity contribution in [3.63, 3.8) is 0 Å². The molecule has 0 aliphatic carbocycles. The van der Waals surface area contributed by atoms with E-state index in [2.05, 4.69) is 15.2 Å². The lowest BCUT2D eigenvalue weighted by molar-refractivity contribution is -0.139. The van der Waals surface area contributed by atoms with Crippen LogP contribution in [0.4, 0.5) is 23.2 Å². The number of hydrogen-bond donors (Lipinski definition) is 1. The molecule has 0 saturated carbocycles. The highest BCUT2D eigenvalue weighted by Crippen LogP contribution is 2.34. The maximum absolute atomic E-state index is 13.0. The second-order valence-corrected chi connectivity index (χ2v) is 9.47. The summed E-state index contributed by atoms with van der Waals surface area (Å²) >= 11 is 6.19. The second-order valence-electron chi connectivity index (χ2n) is 8.12. The topological polar surface area (TPSA) is 115 Å². The lowest BCUT2D eigenvalue weighted by Gasteiger charge is -2.26. The van der Waals surface area contributed by atoms with Crippen LogP contribution in [0.5, 0.6) is 10.9 Å². The molecule has 40 heavy (non-hydrogen) atoms. The number of amides is 1. The number of pyridine rings is 1. The minimum Gasteiger partial charge on any atom is -0.480 e. The zero-order chi connectivity index (χ0) is 29.4. The Bertz CT molecular complexity index is 1470. The predicted molar refractivity (Wildman–Crippen MR) is 139 cm³/mol. The van der Waals surface area contributed by atoms with Gasteiger partial charge in [0.2, 0.25) is 5.01 Å². The molecule has 4 rings (SSSR count).